The van der Waals surface area contributed by atoms with E-state index in [1.807, 2.05) is 0 Å². The first-order valence-electron chi connectivity index (χ1n) is 6.62. The van der Waals surface area contributed by atoms with Crippen LogP contribution in [0.2, 0.25) is 0 Å². The van der Waals surface area contributed by atoms with Crippen LogP contribution < -0.4 is 0 Å². The summed E-state index contributed by atoms with van der Waals surface area (Å²) in [6.45, 7) is 9.44. The molecule has 0 saturated heterocycles. The normalized spacial score (nSPS) is 12.0. The summed E-state index contributed by atoms with van der Waals surface area (Å²) >= 11 is 0. The second-order valence-corrected chi connectivity index (χ2v) is 5.43. The summed E-state index contributed by atoms with van der Waals surface area (Å²) in [5.41, 5.74) is 0.599. The monoisotopic (exact) mass is 198 g/mol. The number of hydrogen-bond acceptors (Lipinski definition) is 0. The zero-order valence-corrected chi connectivity index (χ0v) is 10.9. The van der Waals surface area contributed by atoms with Gasteiger partial charge >= 0.3 is 0 Å². The Balaban J connectivity index is 3.35. The van der Waals surface area contributed by atoms with Gasteiger partial charge in [-0.2, -0.15) is 0 Å². The Morgan fingerprint density at radius 3 is 1.71 bits per heavy atom. The molecular weight excluding hydrogens is 168 g/mol. The largest absolute Gasteiger partial charge is 0.0654 e. The molecule has 0 aromatic carbocycles. The molecule has 0 heteroatoms. The van der Waals surface area contributed by atoms with Gasteiger partial charge in [0.1, 0.15) is 0 Å². The van der Waals surface area contributed by atoms with E-state index in [0.29, 0.717) is 5.41 Å². The molecule has 0 spiro atoms. The lowest BCUT2D eigenvalue weighted by atomic mass is 9.82. The first kappa shape index (κ1) is 14.0. The highest BCUT2D eigenvalue weighted by atomic mass is 14.2. The molecule has 86 valence electrons. The molecule has 0 aromatic heterocycles. The van der Waals surface area contributed by atoms with Gasteiger partial charge in [0.25, 0.3) is 0 Å². The molecule has 0 heterocycles. The van der Waals surface area contributed by atoms with E-state index in [9.17, 15) is 0 Å². The van der Waals surface area contributed by atoms with E-state index in [0.717, 1.165) is 0 Å². The van der Waals surface area contributed by atoms with Crippen molar-refractivity contribution in [2.75, 3.05) is 0 Å². The summed E-state index contributed by atoms with van der Waals surface area (Å²) in [6, 6.07) is 0. The Hall–Kier alpha value is 0. The Morgan fingerprint density at radius 1 is 0.643 bits per heavy atom. The molecule has 0 aliphatic rings. The van der Waals surface area contributed by atoms with Crippen molar-refractivity contribution in [1.29, 1.82) is 0 Å². The maximum absolute atomic E-state index is 2.43. The molecule has 0 radical (unpaired) electrons. The van der Waals surface area contributed by atoms with Crippen molar-refractivity contribution >= 4 is 0 Å². The van der Waals surface area contributed by atoms with Crippen LogP contribution in [0.5, 0.6) is 0 Å². The smallest absolute Gasteiger partial charge is 0.0354 e. The topological polar surface area (TPSA) is 0 Å². The third kappa shape index (κ3) is 8.59. The Bertz CT molecular complexity index is 113. The Morgan fingerprint density at radius 2 is 1.14 bits per heavy atom. The van der Waals surface area contributed by atoms with Crippen LogP contribution in [0, 0.1) is 5.41 Å². The highest BCUT2D eigenvalue weighted by Gasteiger charge is 2.15. The van der Waals surface area contributed by atoms with Crippen LogP contribution in [0.1, 0.15) is 85.5 Å². The molecule has 14 heavy (non-hydrogen) atoms. The molecule has 0 fully saturated rings. The van der Waals surface area contributed by atoms with Gasteiger partial charge in [0, 0.05) is 0 Å². The minimum atomic E-state index is 0.599. The molecule has 0 rings (SSSR count). The minimum absolute atomic E-state index is 0.599. The highest BCUT2D eigenvalue weighted by Crippen LogP contribution is 2.29. The SMILES string of the molecule is CCCCCCCC(C)(C)CCCC. The van der Waals surface area contributed by atoms with Crippen molar-refractivity contribution in [2.45, 2.75) is 85.5 Å². The van der Waals surface area contributed by atoms with Gasteiger partial charge in [-0.1, -0.05) is 72.6 Å². The highest BCUT2D eigenvalue weighted by molar-refractivity contribution is 4.68. The number of rotatable bonds is 9. The number of unbranched alkanes of at least 4 members (excludes halogenated alkanes) is 5. The molecular formula is C14H30. The predicted molar refractivity (Wildman–Crippen MR) is 66.7 cm³/mol. The summed E-state index contributed by atoms with van der Waals surface area (Å²) in [5, 5.41) is 0. The first-order valence-corrected chi connectivity index (χ1v) is 6.62. The standard InChI is InChI=1S/C14H30/c1-5-7-9-10-11-13-14(3,4)12-8-6-2/h5-13H2,1-4H3. The quantitative estimate of drug-likeness (QED) is 0.425. The Kier molecular flexibility index (Phi) is 8.32. The summed E-state index contributed by atoms with van der Waals surface area (Å²) in [6.07, 6.45) is 12.7. The molecule has 0 amide bonds. The molecule has 0 bridgehead atoms. The molecule has 0 aliphatic heterocycles. The minimum Gasteiger partial charge on any atom is -0.0654 e. The van der Waals surface area contributed by atoms with Gasteiger partial charge in [0.2, 0.25) is 0 Å². The lowest BCUT2D eigenvalue weighted by Gasteiger charge is -2.24. The average Bonchev–Trinajstić information content (AvgIpc) is 2.15. The maximum atomic E-state index is 2.43. The van der Waals surface area contributed by atoms with Crippen molar-refractivity contribution in [3.63, 3.8) is 0 Å². The third-order valence-corrected chi connectivity index (χ3v) is 3.16. The van der Waals surface area contributed by atoms with Crippen LogP contribution in [0.15, 0.2) is 0 Å². The van der Waals surface area contributed by atoms with Crippen LogP contribution in [0.4, 0.5) is 0 Å². The molecule has 0 saturated carbocycles. The number of hydrogen-bond donors (Lipinski definition) is 0. The van der Waals surface area contributed by atoms with Gasteiger partial charge in [0.15, 0.2) is 0 Å². The van der Waals surface area contributed by atoms with Crippen LogP contribution in [-0.2, 0) is 0 Å². The second-order valence-electron chi connectivity index (χ2n) is 5.43. The van der Waals surface area contributed by atoms with E-state index >= 15 is 0 Å². The fourth-order valence-corrected chi connectivity index (χ4v) is 1.99. The van der Waals surface area contributed by atoms with Gasteiger partial charge in [-0.25, -0.2) is 0 Å². The van der Waals surface area contributed by atoms with Crippen LogP contribution in [0.3, 0.4) is 0 Å². The van der Waals surface area contributed by atoms with E-state index in [4.69, 9.17) is 0 Å². The van der Waals surface area contributed by atoms with Crippen molar-refractivity contribution < 1.29 is 0 Å². The fourth-order valence-electron chi connectivity index (χ4n) is 1.99. The third-order valence-electron chi connectivity index (χ3n) is 3.16. The van der Waals surface area contributed by atoms with Gasteiger partial charge in [-0.05, 0) is 18.3 Å². The molecule has 0 atom stereocenters. The second kappa shape index (κ2) is 8.32. The van der Waals surface area contributed by atoms with Crippen molar-refractivity contribution in [3.8, 4) is 0 Å². The van der Waals surface area contributed by atoms with Gasteiger partial charge in [-0.3, -0.25) is 0 Å². The fraction of sp³-hybridized carbons (Fsp3) is 1.00. The maximum Gasteiger partial charge on any atom is -0.0354 e. The lowest BCUT2D eigenvalue weighted by molar-refractivity contribution is 0.285. The molecule has 0 N–H and O–H groups in total. The van der Waals surface area contributed by atoms with Crippen LogP contribution >= 0.6 is 0 Å². The van der Waals surface area contributed by atoms with Crippen molar-refractivity contribution in [2.24, 2.45) is 5.41 Å². The van der Waals surface area contributed by atoms with Crippen LogP contribution in [0.25, 0.3) is 0 Å². The Labute approximate surface area is 91.5 Å². The average molecular weight is 198 g/mol. The van der Waals surface area contributed by atoms with E-state index in [1.54, 1.807) is 0 Å². The van der Waals surface area contributed by atoms with Crippen molar-refractivity contribution in [3.05, 3.63) is 0 Å². The summed E-state index contributed by atoms with van der Waals surface area (Å²) in [4.78, 5) is 0. The molecule has 0 nitrogen and oxygen atoms in total. The van der Waals surface area contributed by atoms with Gasteiger partial charge in [-0.15, -0.1) is 0 Å². The van der Waals surface area contributed by atoms with E-state index in [-0.39, 0.29) is 0 Å². The molecule has 0 aromatic rings. The first-order chi connectivity index (χ1) is 6.62. The van der Waals surface area contributed by atoms with E-state index in [1.165, 1.54) is 57.8 Å². The summed E-state index contributed by atoms with van der Waals surface area (Å²) in [7, 11) is 0. The summed E-state index contributed by atoms with van der Waals surface area (Å²) < 4.78 is 0. The van der Waals surface area contributed by atoms with E-state index < -0.39 is 0 Å². The summed E-state index contributed by atoms with van der Waals surface area (Å²) in [5.74, 6) is 0. The zero-order valence-electron chi connectivity index (χ0n) is 10.9. The van der Waals surface area contributed by atoms with Crippen LogP contribution in [-0.4, -0.2) is 0 Å². The van der Waals surface area contributed by atoms with E-state index in [2.05, 4.69) is 27.7 Å². The molecule has 0 unspecified atom stereocenters. The van der Waals surface area contributed by atoms with Gasteiger partial charge in [0.05, 0.1) is 0 Å². The lowest BCUT2D eigenvalue weighted by Crippen LogP contribution is -2.10. The van der Waals surface area contributed by atoms with Crippen molar-refractivity contribution in [1.82, 2.24) is 0 Å². The zero-order chi connectivity index (χ0) is 10.9. The molecule has 0 aliphatic carbocycles. The predicted octanol–water partition coefficient (Wildman–Crippen LogP) is 5.56. The van der Waals surface area contributed by atoms with Gasteiger partial charge < -0.3 is 0 Å².